The number of rotatable bonds is 5. The first kappa shape index (κ1) is 15.9. The molecule has 3 rings (SSSR count). The largest absolute Gasteiger partial charge is 0.326 e. The summed E-state index contributed by atoms with van der Waals surface area (Å²) in [7, 11) is -3.61. The Kier molecular flexibility index (Phi) is 4.36. The normalized spacial score (nSPS) is 20.8. The third-order valence-electron chi connectivity index (χ3n) is 4.21. The van der Waals surface area contributed by atoms with Crippen LogP contribution in [0.3, 0.4) is 0 Å². The zero-order valence-corrected chi connectivity index (χ0v) is 13.4. The summed E-state index contributed by atoms with van der Waals surface area (Å²) in [6.45, 7) is 0.0811. The van der Waals surface area contributed by atoms with Crippen molar-refractivity contribution in [2.24, 2.45) is 0 Å². The molecule has 1 fully saturated rings. The molecule has 1 unspecified atom stereocenters. The van der Waals surface area contributed by atoms with Gasteiger partial charge in [0.25, 0.3) is 5.91 Å². The highest BCUT2D eigenvalue weighted by Crippen LogP contribution is 2.24. The SMILES string of the molecule is O=C1NC(=O)C(CCNS(=O)(=O)c2ccc3c(c2)CCCC3)N1. The summed E-state index contributed by atoms with van der Waals surface area (Å²) in [5, 5.41) is 4.55. The fraction of sp³-hybridized carbons (Fsp3) is 0.467. The zero-order valence-electron chi connectivity index (χ0n) is 12.6. The molecule has 3 N–H and O–H groups in total. The molecule has 1 aliphatic carbocycles. The first-order valence-corrected chi connectivity index (χ1v) is 9.17. The second-order valence-electron chi connectivity index (χ2n) is 5.84. The van der Waals surface area contributed by atoms with Crippen LogP contribution in [0.25, 0.3) is 0 Å². The summed E-state index contributed by atoms with van der Waals surface area (Å²) in [4.78, 5) is 22.6. The van der Waals surface area contributed by atoms with Crippen LogP contribution in [0.5, 0.6) is 0 Å². The standard InChI is InChI=1S/C15H19N3O4S/c19-14-13(17-15(20)18-14)7-8-16-23(21,22)12-6-5-10-3-1-2-4-11(10)9-12/h5-6,9,13,16H,1-4,7-8H2,(H2,17,18,19,20). The molecule has 0 saturated carbocycles. The molecule has 23 heavy (non-hydrogen) atoms. The minimum atomic E-state index is -3.61. The lowest BCUT2D eigenvalue weighted by molar-refractivity contribution is -0.120. The molecule has 1 aromatic carbocycles. The summed E-state index contributed by atoms with van der Waals surface area (Å²) >= 11 is 0. The highest BCUT2D eigenvalue weighted by atomic mass is 32.2. The van der Waals surface area contributed by atoms with Crippen molar-refractivity contribution in [3.63, 3.8) is 0 Å². The zero-order chi connectivity index (χ0) is 16.4. The Morgan fingerprint density at radius 2 is 1.87 bits per heavy atom. The molecule has 0 bridgehead atoms. The first-order chi connectivity index (χ1) is 11.0. The number of urea groups is 1. The van der Waals surface area contributed by atoms with Crippen molar-refractivity contribution in [1.29, 1.82) is 0 Å². The summed E-state index contributed by atoms with van der Waals surface area (Å²) in [5.74, 6) is -0.428. The van der Waals surface area contributed by atoms with Crippen LogP contribution in [0.2, 0.25) is 0 Å². The van der Waals surface area contributed by atoms with E-state index < -0.39 is 28.0 Å². The van der Waals surface area contributed by atoms with E-state index in [0.29, 0.717) is 0 Å². The topological polar surface area (TPSA) is 104 Å². The highest BCUT2D eigenvalue weighted by molar-refractivity contribution is 7.89. The van der Waals surface area contributed by atoms with Gasteiger partial charge in [-0.25, -0.2) is 17.9 Å². The van der Waals surface area contributed by atoms with E-state index in [9.17, 15) is 18.0 Å². The number of carbonyl (C=O) groups is 2. The molecule has 2 aliphatic rings. The molecule has 1 saturated heterocycles. The molecule has 1 aliphatic heterocycles. The molecular formula is C15H19N3O4S. The number of amides is 3. The van der Waals surface area contributed by atoms with Crippen molar-refractivity contribution >= 4 is 22.0 Å². The summed E-state index contributed by atoms with van der Waals surface area (Å²) < 4.78 is 27.2. The van der Waals surface area contributed by atoms with Crippen LogP contribution in [0, 0.1) is 0 Å². The predicted molar refractivity (Wildman–Crippen MR) is 83.4 cm³/mol. The van der Waals surface area contributed by atoms with Crippen LogP contribution in [0.15, 0.2) is 23.1 Å². The molecule has 3 amide bonds. The lowest BCUT2D eigenvalue weighted by Crippen LogP contribution is -2.34. The third kappa shape index (κ3) is 3.53. The summed E-state index contributed by atoms with van der Waals surface area (Å²) in [6.07, 6.45) is 4.35. The maximum absolute atomic E-state index is 12.3. The van der Waals surface area contributed by atoms with E-state index in [1.54, 1.807) is 12.1 Å². The van der Waals surface area contributed by atoms with E-state index in [0.717, 1.165) is 31.2 Å². The Hall–Kier alpha value is -1.93. The Morgan fingerprint density at radius 1 is 1.13 bits per heavy atom. The van der Waals surface area contributed by atoms with E-state index in [-0.39, 0.29) is 17.9 Å². The number of nitrogens with one attached hydrogen (secondary N) is 3. The number of hydrogen-bond donors (Lipinski definition) is 3. The Morgan fingerprint density at radius 3 is 2.57 bits per heavy atom. The molecule has 0 aromatic heterocycles. The lowest BCUT2D eigenvalue weighted by atomic mass is 9.92. The van der Waals surface area contributed by atoms with Gasteiger partial charge in [-0.15, -0.1) is 0 Å². The minimum absolute atomic E-state index is 0.0811. The molecule has 1 aromatic rings. The van der Waals surface area contributed by atoms with Crippen molar-refractivity contribution in [3.05, 3.63) is 29.3 Å². The second kappa shape index (κ2) is 6.29. The third-order valence-corrected chi connectivity index (χ3v) is 5.67. The van der Waals surface area contributed by atoms with Crippen molar-refractivity contribution in [1.82, 2.24) is 15.4 Å². The maximum Gasteiger partial charge on any atom is 0.322 e. The van der Waals surface area contributed by atoms with Gasteiger partial charge in [0.05, 0.1) is 4.90 Å². The van der Waals surface area contributed by atoms with Gasteiger partial charge in [-0.1, -0.05) is 6.07 Å². The molecule has 124 valence electrons. The van der Waals surface area contributed by atoms with Gasteiger partial charge in [-0.3, -0.25) is 10.1 Å². The number of carbonyl (C=O) groups excluding carboxylic acids is 2. The van der Waals surface area contributed by atoms with Crippen LogP contribution in [0.4, 0.5) is 4.79 Å². The fourth-order valence-electron chi connectivity index (χ4n) is 2.96. The average molecular weight is 337 g/mol. The van der Waals surface area contributed by atoms with Gasteiger partial charge in [-0.05, 0) is 55.4 Å². The van der Waals surface area contributed by atoms with Gasteiger partial charge in [0.15, 0.2) is 0 Å². The van der Waals surface area contributed by atoms with Gasteiger partial charge in [0, 0.05) is 6.54 Å². The highest BCUT2D eigenvalue weighted by Gasteiger charge is 2.29. The van der Waals surface area contributed by atoms with Crippen molar-refractivity contribution in [3.8, 4) is 0 Å². The Bertz CT molecular complexity index is 745. The molecule has 0 spiro atoms. The van der Waals surface area contributed by atoms with Crippen LogP contribution in [-0.4, -0.2) is 32.9 Å². The maximum atomic E-state index is 12.3. The molecule has 1 atom stereocenters. The van der Waals surface area contributed by atoms with E-state index in [1.165, 1.54) is 5.56 Å². The summed E-state index contributed by atoms with van der Waals surface area (Å²) in [6, 6.07) is 4.01. The Labute approximate surface area is 134 Å². The second-order valence-corrected chi connectivity index (χ2v) is 7.61. The molecule has 7 nitrogen and oxygen atoms in total. The van der Waals surface area contributed by atoms with Crippen molar-refractivity contribution < 1.29 is 18.0 Å². The van der Waals surface area contributed by atoms with Crippen LogP contribution >= 0.6 is 0 Å². The number of fused-ring (bicyclic) bond motifs is 1. The first-order valence-electron chi connectivity index (χ1n) is 7.68. The van der Waals surface area contributed by atoms with Gasteiger partial charge < -0.3 is 5.32 Å². The van der Waals surface area contributed by atoms with E-state index in [2.05, 4.69) is 15.4 Å². The lowest BCUT2D eigenvalue weighted by Gasteiger charge is -2.17. The quantitative estimate of drug-likeness (QED) is 0.678. The van der Waals surface area contributed by atoms with Crippen LogP contribution in [0.1, 0.15) is 30.4 Å². The molecule has 8 heteroatoms. The van der Waals surface area contributed by atoms with E-state index >= 15 is 0 Å². The van der Waals surface area contributed by atoms with Crippen LogP contribution < -0.4 is 15.4 Å². The number of aryl methyl sites for hydroxylation is 2. The molecule has 0 radical (unpaired) electrons. The minimum Gasteiger partial charge on any atom is -0.326 e. The number of hydrogen-bond acceptors (Lipinski definition) is 4. The van der Waals surface area contributed by atoms with E-state index in [1.807, 2.05) is 6.07 Å². The van der Waals surface area contributed by atoms with Gasteiger partial charge in [0.2, 0.25) is 10.0 Å². The molecule has 1 heterocycles. The average Bonchev–Trinajstić information content (AvgIpc) is 2.84. The number of imide groups is 1. The fourth-order valence-corrected chi connectivity index (χ4v) is 4.06. The summed E-state index contributed by atoms with van der Waals surface area (Å²) in [5.41, 5.74) is 2.32. The van der Waals surface area contributed by atoms with Crippen molar-refractivity contribution in [2.75, 3.05) is 6.54 Å². The number of sulfonamides is 1. The monoisotopic (exact) mass is 337 g/mol. The predicted octanol–water partition coefficient (Wildman–Crippen LogP) is 0.442. The Balaban J connectivity index is 1.63. The van der Waals surface area contributed by atoms with Gasteiger partial charge in [0.1, 0.15) is 6.04 Å². The van der Waals surface area contributed by atoms with Crippen LogP contribution in [-0.2, 0) is 27.7 Å². The van der Waals surface area contributed by atoms with E-state index in [4.69, 9.17) is 0 Å². The smallest absolute Gasteiger partial charge is 0.322 e. The number of benzene rings is 1. The van der Waals surface area contributed by atoms with Gasteiger partial charge >= 0.3 is 6.03 Å². The molecular weight excluding hydrogens is 318 g/mol. The van der Waals surface area contributed by atoms with Crippen molar-refractivity contribution in [2.45, 2.75) is 43.0 Å². The van der Waals surface area contributed by atoms with Gasteiger partial charge in [-0.2, -0.15) is 0 Å².